The molecule has 3 rings (SSSR count). The van der Waals surface area contributed by atoms with Crippen LogP contribution < -0.4 is 4.74 Å². The van der Waals surface area contributed by atoms with Gasteiger partial charge in [-0.1, -0.05) is 19.9 Å². The zero-order valence-electron chi connectivity index (χ0n) is 13.2. The van der Waals surface area contributed by atoms with Crippen LogP contribution in [0.15, 0.2) is 28.7 Å². The van der Waals surface area contributed by atoms with Crippen LogP contribution in [0.5, 0.6) is 5.75 Å². The fourth-order valence-corrected chi connectivity index (χ4v) is 2.53. The van der Waals surface area contributed by atoms with Crippen LogP contribution in [0.1, 0.15) is 32.4 Å². The van der Waals surface area contributed by atoms with Crippen molar-refractivity contribution in [3.63, 3.8) is 0 Å². The fourth-order valence-electron chi connectivity index (χ4n) is 2.53. The molecule has 0 unspecified atom stereocenters. The maximum absolute atomic E-state index is 14.6. The molecule has 0 fully saturated rings. The van der Waals surface area contributed by atoms with Gasteiger partial charge in [-0.2, -0.15) is 4.39 Å². The molecule has 0 bridgehead atoms. The number of furan rings is 1. The van der Waals surface area contributed by atoms with E-state index in [9.17, 15) is 13.9 Å². The highest BCUT2D eigenvalue weighted by molar-refractivity contribution is 6.05. The van der Waals surface area contributed by atoms with Gasteiger partial charge < -0.3 is 14.3 Å². The molecule has 1 heterocycles. The number of halogens is 2. The van der Waals surface area contributed by atoms with E-state index in [1.54, 1.807) is 12.1 Å². The molecular weight excluding hydrogens is 302 g/mol. The second-order valence-electron chi connectivity index (χ2n) is 6.08. The van der Waals surface area contributed by atoms with E-state index in [1.165, 1.54) is 19.1 Å². The molecule has 1 N–H and O–H groups in total. The topological polar surface area (TPSA) is 42.6 Å². The van der Waals surface area contributed by atoms with Crippen LogP contribution in [0.3, 0.4) is 0 Å². The van der Waals surface area contributed by atoms with Gasteiger partial charge in [-0.25, -0.2) is 4.39 Å². The van der Waals surface area contributed by atoms with E-state index >= 15 is 0 Å². The van der Waals surface area contributed by atoms with Crippen LogP contribution >= 0.6 is 0 Å². The van der Waals surface area contributed by atoms with E-state index in [-0.39, 0.29) is 28.4 Å². The van der Waals surface area contributed by atoms with Crippen LogP contribution in [0.25, 0.3) is 21.9 Å². The number of benzene rings is 2. The molecule has 0 radical (unpaired) electrons. The van der Waals surface area contributed by atoms with Crippen molar-refractivity contribution in [1.29, 1.82) is 0 Å². The lowest BCUT2D eigenvalue weighted by Gasteiger charge is -2.09. The highest BCUT2D eigenvalue weighted by atomic mass is 19.1. The first kappa shape index (κ1) is 15.7. The molecule has 1 aromatic heterocycles. The third kappa shape index (κ3) is 2.65. The molecule has 3 nitrogen and oxygen atoms in total. The van der Waals surface area contributed by atoms with Gasteiger partial charge in [-0.15, -0.1) is 0 Å². The van der Waals surface area contributed by atoms with Crippen LogP contribution in [-0.4, -0.2) is 11.7 Å². The summed E-state index contributed by atoms with van der Waals surface area (Å²) >= 11 is 0. The molecule has 0 saturated carbocycles. The molecule has 0 aliphatic heterocycles. The van der Waals surface area contributed by atoms with Crippen LogP contribution in [0.4, 0.5) is 8.78 Å². The second kappa shape index (κ2) is 5.81. The van der Waals surface area contributed by atoms with E-state index in [1.807, 2.05) is 13.8 Å². The molecule has 0 spiro atoms. The molecule has 5 heteroatoms. The van der Waals surface area contributed by atoms with Crippen LogP contribution in [-0.2, 0) is 0 Å². The van der Waals surface area contributed by atoms with Gasteiger partial charge in [0.05, 0.1) is 12.7 Å². The molecular formula is C18H18F2O3. The highest BCUT2D eigenvalue weighted by Gasteiger charge is 2.20. The van der Waals surface area contributed by atoms with Gasteiger partial charge >= 0.3 is 0 Å². The predicted octanol–water partition coefficient (Wildman–Crippen LogP) is 4.95. The highest BCUT2D eigenvalue weighted by Crippen LogP contribution is 2.37. The Morgan fingerprint density at radius 1 is 1.00 bits per heavy atom. The van der Waals surface area contributed by atoms with Crippen LogP contribution in [0.2, 0.25) is 0 Å². The van der Waals surface area contributed by atoms with Crippen molar-refractivity contribution in [3.05, 3.63) is 41.5 Å². The minimum atomic E-state index is -0.970. The maximum atomic E-state index is 14.6. The fraction of sp³-hybridized carbons (Fsp3) is 0.333. The minimum Gasteiger partial charge on any atom is -0.490 e. The van der Waals surface area contributed by atoms with E-state index < -0.39 is 17.7 Å². The third-order valence-corrected chi connectivity index (χ3v) is 3.71. The predicted molar refractivity (Wildman–Crippen MR) is 84.6 cm³/mol. The summed E-state index contributed by atoms with van der Waals surface area (Å²) in [5.41, 5.74) is 0.0226. The SMILES string of the molecule is CC(C)COc1ccc2c(oc3c(F)c([C@H](C)O)ccc32)c1F. The Morgan fingerprint density at radius 2 is 1.61 bits per heavy atom. The lowest BCUT2D eigenvalue weighted by Crippen LogP contribution is -2.05. The average Bonchev–Trinajstić information content (AvgIpc) is 2.87. The molecule has 122 valence electrons. The first-order valence-electron chi connectivity index (χ1n) is 7.54. The zero-order valence-corrected chi connectivity index (χ0v) is 13.2. The summed E-state index contributed by atoms with van der Waals surface area (Å²) in [6.07, 6.45) is -0.970. The van der Waals surface area contributed by atoms with E-state index in [0.29, 0.717) is 17.4 Å². The van der Waals surface area contributed by atoms with Gasteiger partial charge in [0.2, 0.25) is 5.82 Å². The van der Waals surface area contributed by atoms with Crippen molar-refractivity contribution in [2.45, 2.75) is 26.9 Å². The lowest BCUT2D eigenvalue weighted by molar-refractivity contribution is 0.194. The summed E-state index contributed by atoms with van der Waals surface area (Å²) < 4.78 is 39.8. The molecule has 0 amide bonds. The Morgan fingerprint density at radius 3 is 2.22 bits per heavy atom. The Bertz CT molecular complexity index is 866. The Balaban J connectivity index is 2.18. The van der Waals surface area contributed by atoms with Crippen molar-refractivity contribution >= 4 is 21.9 Å². The number of fused-ring (bicyclic) bond motifs is 3. The molecule has 0 saturated heterocycles. The van der Waals surface area contributed by atoms with Gasteiger partial charge in [-0.3, -0.25) is 0 Å². The average molecular weight is 320 g/mol. The summed E-state index contributed by atoms with van der Waals surface area (Å²) in [4.78, 5) is 0. The maximum Gasteiger partial charge on any atom is 0.208 e. The first-order valence-corrected chi connectivity index (χ1v) is 7.54. The standard InChI is InChI=1S/C18H18F2O3/c1-9(2)8-22-14-7-6-13-12-5-4-11(10(3)21)15(19)17(12)23-18(13)16(14)20/h4-7,9-10,21H,8H2,1-3H3/t10-/m0/s1. The Kier molecular flexibility index (Phi) is 3.98. The van der Waals surface area contributed by atoms with E-state index in [2.05, 4.69) is 0 Å². The minimum absolute atomic E-state index is 0.0390. The smallest absolute Gasteiger partial charge is 0.208 e. The number of aliphatic hydroxyl groups is 1. The van der Waals surface area contributed by atoms with E-state index in [0.717, 1.165) is 0 Å². The van der Waals surface area contributed by atoms with Crippen molar-refractivity contribution < 1.29 is 23.0 Å². The largest absolute Gasteiger partial charge is 0.490 e. The summed E-state index contributed by atoms with van der Waals surface area (Å²) in [6.45, 7) is 5.77. The Hall–Kier alpha value is -2.14. The molecule has 1 atom stereocenters. The monoisotopic (exact) mass is 320 g/mol. The number of hydrogen-bond acceptors (Lipinski definition) is 3. The van der Waals surface area contributed by atoms with E-state index in [4.69, 9.17) is 9.15 Å². The number of ether oxygens (including phenoxy) is 1. The summed E-state index contributed by atoms with van der Waals surface area (Å²) in [5.74, 6) is -0.969. The van der Waals surface area contributed by atoms with Crippen LogP contribution in [0, 0.1) is 17.6 Å². The second-order valence-corrected chi connectivity index (χ2v) is 6.08. The van der Waals surface area contributed by atoms with Gasteiger partial charge in [0.15, 0.2) is 22.7 Å². The normalized spacial score (nSPS) is 13.2. The van der Waals surface area contributed by atoms with Gasteiger partial charge in [0, 0.05) is 16.3 Å². The molecule has 0 aliphatic carbocycles. The molecule has 0 aliphatic rings. The van der Waals surface area contributed by atoms with Gasteiger partial charge in [0.25, 0.3) is 0 Å². The third-order valence-electron chi connectivity index (χ3n) is 3.71. The molecule has 2 aromatic carbocycles. The zero-order chi connectivity index (χ0) is 16.7. The summed E-state index contributed by atoms with van der Waals surface area (Å²) in [5, 5.41) is 10.5. The Labute approximate surface area is 132 Å². The van der Waals surface area contributed by atoms with Gasteiger partial charge in [0.1, 0.15) is 0 Å². The number of rotatable bonds is 4. The first-order chi connectivity index (χ1) is 10.9. The molecule has 3 aromatic rings. The summed E-state index contributed by atoms with van der Waals surface area (Å²) in [7, 11) is 0. The quantitative estimate of drug-likeness (QED) is 0.739. The lowest BCUT2D eigenvalue weighted by atomic mass is 10.1. The molecule has 23 heavy (non-hydrogen) atoms. The summed E-state index contributed by atoms with van der Waals surface area (Å²) in [6, 6.07) is 6.29. The van der Waals surface area contributed by atoms with Gasteiger partial charge in [-0.05, 0) is 31.0 Å². The number of aliphatic hydroxyl groups excluding tert-OH is 1. The van der Waals surface area contributed by atoms with Crippen molar-refractivity contribution in [2.75, 3.05) is 6.61 Å². The van der Waals surface area contributed by atoms with Crippen molar-refractivity contribution in [2.24, 2.45) is 5.92 Å². The van der Waals surface area contributed by atoms with Crippen molar-refractivity contribution in [3.8, 4) is 5.75 Å². The van der Waals surface area contributed by atoms with Crippen molar-refractivity contribution in [1.82, 2.24) is 0 Å². The number of hydrogen-bond donors (Lipinski definition) is 1.